The molecular formula is C6H7ClN2O4S. The molecule has 6 nitrogen and oxygen atoms in total. The largest absolute Gasteiger partial charge is 0.480 e. The summed E-state index contributed by atoms with van der Waals surface area (Å²) in [5.41, 5.74) is 0. The van der Waals surface area contributed by atoms with E-state index in [1.54, 1.807) is 0 Å². The van der Waals surface area contributed by atoms with Crippen LogP contribution in [0.25, 0.3) is 0 Å². The summed E-state index contributed by atoms with van der Waals surface area (Å²) in [7, 11) is 1.14. The predicted octanol–water partition coefficient (Wildman–Crippen LogP) is 0.204. The molecule has 78 valence electrons. The van der Waals surface area contributed by atoms with E-state index in [0.717, 1.165) is 6.20 Å². The highest BCUT2D eigenvalue weighted by molar-refractivity contribution is 8.13. The number of halogens is 1. The Hall–Kier alpha value is -1.08. The van der Waals surface area contributed by atoms with Gasteiger partial charge in [0.05, 0.1) is 0 Å². The van der Waals surface area contributed by atoms with Crippen LogP contribution in [0, 0.1) is 6.92 Å². The Morgan fingerprint density at radius 2 is 2.29 bits per heavy atom. The van der Waals surface area contributed by atoms with E-state index in [0.29, 0.717) is 0 Å². The van der Waals surface area contributed by atoms with Crippen molar-refractivity contribution < 1.29 is 18.3 Å². The summed E-state index contributed by atoms with van der Waals surface area (Å²) in [5.74, 6) is -0.796. The molecule has 0 bridgehead atoms. The molecule has 0 spiro atoms. The number of hydrogen-bond acceptors (Lipinski definition) is 4. The number of nitrogens with zero attached hydrogens (tertiary/aromatic N) is 2. The summed E-state index contributed by atoms with van der Waals surface area (Å²) < 4.78 is 22.8. The van der Waals surface area contributed by atoms with E-state index in [-0.39, 0.29) is 17.4 Å². The van der Waals surface area contributed by atoms with Gasteiger partial charge in [0, 0.05) is 16.9 Å². The first-order valence-electron chi connectivity index (χ1n) is 3.51. The first-order valence-corrected chi connectivity index (χ1v) is 5.82. The average Bonchev–Trinajstić information content (AvgIpc) is 2.30. The minimum atomic E-state index is -3.89. The molecule has 1 aromatic heterocycles. The Morgan fingerprint density at radius 3 is 2.64 bits per heavy atom. The number of hydrogen-bond donors (Lipinski definition) is 1. The number of rotatable bonds is 3. The molecule has 14 heavy (non-hydrogen) atoms. The number of carboxylic acids is 1. The van der Waals surface area contributed by atoms with Gasteiger partial charge in [0.25, 0.3) is 9.05 Å². The van der Waals surface area contributed by atoms with Crippen molar-refractivity contribution in [1.82, 2.24) is 9.55 Å². The lowest BCUT2D eigenvalue weighted by Gasteiger charge is -1.97. The van der Waals surface area contributed by atoms with E-state index in [1.807, 2.05) is 0 Å². The summed E-state index contributed by atoms with van der Waals surface area (Å²) in [6.45, 7) is 1.15. The topological polar surface area (TPSA) is 89.3 Å². The van der Waals surface area contributed by atoms with Crippen LogP contribution < -0.4 is 0 Å². The molecule has 0 saturated heterocycles. The van der Waals surface area contributed by atoms with Gasteiger partial charge in [0.15, 0.2) is 5.03 Å². The Bertz CT molecular complexity index is 464. The van der Waals surface area contributed by atoms with Gasteiger partial charge in [0.2, 0.25) is 0 Å². The van der Waals surface area contributed by atoms with Crippen LogP contribution in [-0.4, -0.2) is 29.0 Å². The second-order valence-electron chi connectivity index (χ2n) is 2.59. The standard InChI is InChI=1S/C6H7ClN2O4S/c1-4-8-5(14(7,12)13)2-9(4)3-6(10)11/h2H,3H2,1H3,(H,10,11). The molecule has 1 rings (SSSR count). The monoisotopic (exact) mass is 238 g/mol. The zero-order valence-electron chi connectivity index (χ0n) is 7.14. The van der Waals surface area contributed by atoms with Gasteiger partial charge in [-0.05, 0) is 6.92 Å². The molecule has 0 aliphatic heterocycles. The smallest absolute Gasteiger partial charge is 0.323 e. The van der Waals surface area contributed by atoms with E-state index in [9.17, 15) is 13.2 Å². The Kier molecular flexibility index (Phi) is 2.81. The molecule has 0 fully saturated rings. The maximum absolute atomic E-state index is 10.8. The summed E-state index contributed by atoms with van der Waals surface area (Å²) in [6, 6.07) is 0. The van der Waals surface area contributed by atoms with Crippen molar-refractivity contribution in [3.8, 4) is 0 Å². The summed E-state index contributed by atoms with van der Waals surface area (Å²) in [4.78, 5) is 14.0. The van der Waals surface area contributed by atoms with Gasteiger partial charge in [0.1, 0.15) is 12.4 Å². The zero-order chi connectivity index (χ0) is 10.9. The third kappa shape index (κ3) is 2.46. The van der Waals surface area contributed by atoms with Gasteiger partial charge in [-0.2, -0.15) is 0 Å². The summed E-state index contributed by atoms with van der Waals surface area (Å²) >= 11 is 0. The van der Waals surface area contributed by atoms with Crippen LogP contribution in [0.15, 0.2) is 11.2 Å². The molecule has 0 saturated carbocycles. The zero-order valence-corrected chi connectivity index (χ0v) is 8.71. The van der Waals surface area contributed by atoms with Crippen LogP contribution in [0.4, 0.5) is 0 Å². The first-order chi connectivity index (χ1) is 6.30. The number of aryl methyl sites for hydroxylation is 1. The van der Waals surface area contributed by atoms with Gasteiger partial charge in [-0.1, -0.05) is 0 Å². The lowest BCUT2D eigenvalue weighted by Crippen LogP contribution is -2.08. The second kappa shape index (κ2) is 3.58. The Balaban J connectivity index is 3.12. The van der Waals surface area contributed by atoms with Crippen LogP contribution in [-0.2, 0) is 20.4 Å². The first kappa shape index (κ1) is 11.0. The van der Waals surface area contributed by atoms with E-state index in [2.05, 4.69) is 4.98 Å². The molecular weight excluding hydrogens is 232 g/mol. The number of carboxylic acid groups (broad SMARTS) is 1. The molecule has 0 aromatic carbocycles. The molecule has 8 heteroatoms. The van der Waals surface area contributed by atoms with Crippen LogP contribution in [0.3, 0.4) is 0 Å². The summed E-state index contributed by atoms with van der Waals surface area (Å²) in [6.07, 6.45) is 1.09. The maximum Gasteiger partial charge on any atom is 0.323 e. The Labute approximate surface area is 84.6 Å². The van der Waals surface area contributed by atoms with E-state index < -0.39 is 15.0 Å². The van der Waals surface area contributed by atoms with E-state index >= 15 is 0 Å². The normalized spacial score (nSPS) is 11.6. The molecule has 0 unspecified atom stereocenters. The highest BCUT2D eigenvalue weighted by atomic mass is 35.7. The van der Waals surface area contributed by atoms with Crippen molar-refractivity contribution in [2.75, 3.05) is 0 Å². The average molecular weight is 239 g/mol. The van der Waals surface area contributed by atoms with Crippen LogP contribution in [0.2, 0.25) is 0 Å². The number of aromatic nitrogens is 2. The lowest BCUT2D eigenvalue weighted by atomic mass is 10.6. The fourth-order valence-corrected chi connectivity index (χ4v) is 1.62. The van der Waals surface area contributed by atoms with Gasteiger partial charge in [-0.15, -0.1) is 0 Å². The SMILES string of the molecule is Cc1nc(S(=O)(=O)Cl)cn1CC(=O)O. The van der Waals surface area contributed by atoms with Crippen LogP contribution >= 0.6 is 10.7 Å². The molecule has 0 aliphatic carbocycles. The molecule has 0 radical (unpaired) electrons. The fourth-order valence-electron chi connectivity index (χ4n) is 0.903. The molecule has 0 aliphatic rings. The lowest BCUT2D eigenvalue weighted by molar-refractivity contribution is -0.137. The molecule has 1 heterocycles. The number of aliphatic carboxylic acids is 1. The van der Waals surface area contributed by atoms with Crippen molar-refractivity contribution in [3.05, 3.63) is 12.0 Å². The van der Waals surface area contributed by atoms with Crippen molar-refractivity contribution >= 4 is 25.7 Å². The fraction of sp³-hybridized carbons (Fsp3) is 0.333. The minimum Gasteiger partial charge on any atom is -0.480 e. The third-order valence-electron chi connectivity index (χ3n) is 1.51. The second-order valence-corrected chi connectivity index (χ2v) is 5.10. The van der Waals surface area contributed by atoms with Gasteiger partial charge in [-0.3, -0.25) is 4.79 Å². The van der Waals surface area contributed by atoms with E-state index in [4.69, 9.17) is 15.8 Å². The maximum atomic E-state index is 10.8. The molecule has 1 N–H and O–H groups in total. The van der Waals surface area contributed by atoms with Crippen LogP contribution in [0.1, 0.15) is 5.82 Å². The van der Waals surface area contributed by atoms with Gasteiger partial charge < -0.3 is 9.67 Å². The summed E-state index contributed by atoms with van der Waals surface area (Å²) in [5, 5.41) is 8.14. The minimum absolute atomic E-state index is 0.284. The van der Waals surface area contributed by atoms with Crippen molar-refractivity contribution in [1.29, 1.82) is 0 Å². The van der Waals surface area contributed by atoms with Crippen molar-refractivity contribution in [3.63, 3.8) is 0 Å². The number of imidazole rings is 1. The molecule has 0 atom stereocenters. The quantitative estimate of drug-likeness (QED) is 0.760. The third-order valence-corrected chi connectivity index (χ3v) is 2.68. The van der Waals surface area contributed by atoms with Gasteiger partial charge >= 0.3 is 5.97 Å². The highest BCUT2D eigenvalue weighted by Crippen LogP contribution is 2.13. The number of carbonyl (C=O) groups is 1. The molecule has 0 amide bonds. The van der Waals surface area contributed by atoms with Crippen molar-refractivity contribution in [2.45, 2.75) is 18.5 Å². The van der Waals surface area contributed by atoms with Gasteiger partial charge in [-0.25, -0.2) is 13.4 Å². The van der Waals surface area contributed by atoms with Crippen LogP contribution in [0.5, 0.6) is 0 Å². The Morgan fingerprint density at radius 1 is 1.71 bits per heavy atom. The van der Waals surface area contributed by atoms with E-state index in [1.165, 1.54) is 11.5 Å². The molecule has 1 aromatic rings. The predicted molar refractivity (Wildman–Crippen MR) is 47.6 cm³/mol. The highest BCUT2D eigenvalue weighted by Gasteiger charge is 2.16. The van der Waals surface area contributed by atoms with Crippen molar-refractivity contribution in [2.24, 2.45) is 0 Å².